The van der Waals surface area contributed by atoms with Crippen LogP contribution in [0.2, 0.25) is 0 Å². The Morgan fingerprint density at radius 3 is 2.31 bits per heavy atom. The van der Waals surface area contributed by atoms with Gasteiger partial charge in [0.05, 0.1) is 17.7 Å². The molecule has 1 N–H and O–H groups in total. The number of fused-ring (bicyclic) bond motifs is 1. The van der Waals surface area contributed by atoms with Gasteiger partial charge in [-0.15, -0.1) is 0 Å². The largest absolute Gasteiger partial charge is 0.500 e. The SMILES string of the molecule is COc1cc(/C=C2/C(=O)N(c3ccccc3C)C(=O)c3ccccc32)cc([N+](=O)[O-])c1O. The van der Waals surface area contributed by atoms with Crippen LogP contribution in [0.15, 0.2) is 60.7 Å². The molecule has 0 radical (unpaired) electrons. The van der Waals surface area contributed by atoms with Gasteiger partial charge in [-0.1, -0.05) is 36.4 Å². The summed E-state index contributed by atoms with van der Waals surface area (Å²) in [6.07, 6.45) is 1.45. The number of hydrogen-bond donors (Lipinski definition) is 1. The lowest BCUT2D eigenvalue weighted by molar-refractivity contribution is -0.386. The minimum Gasteiger partial charge on any atom is -0.500 e. The number of phenolic OH excluding ortho intramolecular Hbond substituents is 1. The third-order valence-electron chi connectivity index (χ3n) is 5.25. The molecule has 1 heterocycles. The fraction of sp³-hybridized carbons (Fsp3) is 0.0833. The minimum atomic E-state index is -0.736. The highest BCUT2D eigenvalue weighted by atomic mass is 16.6. The standard InChI is InChI=1S/C24H18N2O6/c1-14-7-3-6-10-19(14)25-23(28)17-9-5-4-8-16(17)18(24(25)29)11-15-12-20(26(30)31)22(27)21(13-15)32-2/h3-13,27H,1-2H3/b18-11+. The van der Waals surface area contributed by atoms with Crippen LogP contribution in [0.3, 0.4) is 0 Å². The molecule has 0 saturated heterocycles. The van der Waals surface area contributed by atoms with Crippen LogP contribution in [0.25, 0.3) is 11.6 Å². The zero-order valence-electron chi connectivity index (χ0n) is 17.2. The summed E-state index contributed by atoms with van der Waals surface area (Å²) in [4.78, 5) is 38.5. The maximum atomic E-state index is 13.5. The molecular weight excluding hydrogens is 412 g/mol. The molecule has 0 aromatic heterocycles. The van der Waals surface area contributed by atoms with Crippen LogP contribution >= 0.6 is 0 Å². The Kier molecular flexibility index (Phi) is 5.19. The average Bonchev–Trinajstić information content (AvgIpc) is 2.78. The van der Waals surface area contributed by atoms with E-state index in [-0.39, 0.29) is 16.9 Å². The number of benzene rings is 3. The number of aromatic hydroxyl groups is 1. The number of anilines is 1. The number of aryl methyl sites for hydroxylation is 1. The molecule has 0 aliphatic carbocycles. The van der Waals surface area contributed by atoms with Gasteiger partial charge in [0.25, 0.3) is 11.8 Å². The van der Waals surface area contributed by atoms with Crippen molar-refractivity contribution in [2.24, 2.45) is 0 Å². The highest BCUT2D eigenvalue weighted by Gasteiger charge is 2.36. The monoisotopic (exact) mass is 430 g/mol. The summed E-state index contributed by atoms with van der Waals surface area (Å²) in [7, 11) is 1.27. The maximum Gasteiger partial charge on any atom is 0.315 e. The normalized spacial score (nSPS) is 14.4. The lowest BCUT2D eigenvalue weighted by atomic mass is 9.91. The van der Waals surface area contributed by atoms with Crippen molar-refractivity contribution in [2.45, 2.75) is 6.92 Å². The second-order valence-corrected chi connectivity index (χ2v) is 7.18. The molecule has 0 saturated carbocycles. The number of amides is 2. The van der Waals surface area contributed by atoms with E-state index >= 15 is 0 Å². The van der Waals surface area contributed by atoms with E-state index in [9.17, 15) is 24.8 Å². The first-order valence-corrected chi connectivity index (χ1v) is 9.64. The van der Waals surface area contributed by atoms with Gasteiger partial charge in [-0.25, -0.2) is 4.90 Å². The molecule has 1 aliphatic rings. The topological polar surface area (TPSA) is 110 Å². The van der Waals surface area contributed by atoms with Crippen molar-refractivity contribution in [1.29, 1.82) is 0 Å². The van der Waals surface area contributed by atoms with E-state index in [1.54, 1.807) is 49.4 Å². The molecule has 3 aromatic rings. The van der Waals surface area contributed by atoms with Gasteiger partial charge in [-0.3, -0.25) is 19.7 Å². The number of nitro benzene ring substituents is 1. The fourth-order valence-corrected chi connectivity index (χ4v) is 3.68. The second kappa shape index (κ2) is 7.99. The molecule has 3 aromatic carbocycles. The summed E-state index contributed by atoms with van der Waals surface area (Å²) < 4.78 is 5.05. The molecule has 0 fully saturated rings. The first kappa shape index (κ1) is 20.8. The number of hydrogen-bond acceptors (Lipinski definition) is 6. The first-order valence-electron chi connectivity index (χ1n) is 9.64. The third-order valence-corrected chi connectivity index (χ3v) is 5.25. The Balaban J connectivity index is 1.95. The van der Waals surface area contributed by atoms with E-state index in [4.69, 9.17) is 4.74 Å². The number of nitrogens with zero attached hydrogens (tertiary/aromatic N) is 2. The second-order valence-electron chi connectivity index (χ2n) is 7.18. The van der Waals surface area contributed by atoms with Crippen molar-refractivity contribution >= 4 is 34.8 Å². The lowest BCUT2D eigenvalue weighted by Gasteiger charge is -2.29. The quantitative estimate of drug-likeness (QED) is 0.285. The lowest BCUT2D eigenvalue weighted by Crippen LogP contribution is -2.42. The Bertz CT molecular complexity index is 1310. The molecule has 0 unspecified atom stereocenters. The highest BCUT2D eigenvalue weighted by Crippen LogP contribution is 2.39. The average molecular weight is 430 g/mol. The molecule has 160 valence electrons. The Hall–Kier alpha value is -4.46. The summed E-state index contributed by atoms with van der Waals surface area (Å²) in [6.45, 7) is 1.80. The number of phenols is 1. The van der Waals surface area contributed by atoms with Crippen LogP contribution in [-0.2, 0) is 4.79 Å². The Morgan fingerprint density at radius 1 is 1.00 bits per heavy atom. The number of carbonyl (C=O) groups excluding carboxylic acids is 2. The summed E-state index contributed by atoms with van der Waals surface area (Å²) in [5, 5.41) is 21.4. The molecular formula is C24H18N2O6. The van der Waals surface area contributed by atoms with Crippen LogP contribution in [0.4, 0.5) is 11.4 Å². The van der Waals surface area contributed by atoms with E-state index in [0.717, 1.165) is 16.5 Å². The maximum absolute atomic E-state index is 13.5. The minimum absolute atomic E-state index is 0.102. The molecule has 8 nitrogen and oxygen atoms in total. The number of rotatable bonds is 4. The van der Waals surface area contributed by atoms with Crippen molar-refractivity contribution in [3.8, 4) is 11.5 Å². The van der Waals surface area contributed by atoms with Crippen molar-refractivity contribution in [3.63, 3.8) is 0 Å². The number of imide groups is 1. The van der Waals surface area contributed by atoms with Crippen LogP contribution in [0, 0.1) is 17.0 Å². The van der Waals surface area contributed by atoms with Gasteiger partial charge in [-0.2, -0.15) is 0 Å². The summed E-state index contributed by atoms with van der Waals surface area (Å²) in [5.41, 5.74) is 1.85. The smallest absolute Gasteiger partial charge is 0.315 e. The van der Waals surface area contributed by atoms with Gasteiger partial charge in [-0.05, 0) is 47.9 Å². The zero-order valence-corrected chi connectivity index (χ0v) is 17.2. The van der Waals surface area contributed by atoms with Crippen LogP contribution in [0.1, 0.15) is 27.0 Å². The van der Waals surface area contributed by atoms with Gasteiger partial charge >= 0.3 is 5.69 Å². The van der Waals surface area contributed by atoms with E-state index in [2.05, 4.69) is 0 Å². The number of para-hydroxylation sites is 1. The van der Waals surface area contributed by atoms with Gasteiger partial charge in [0.2, 0.25) is 5.75 Å². The number of ether oxygens (including phenoxy) is 1. The van der Waals surface area contributed by atoms with Crippen LogP contribution < -0.4 is 9.64 Å². The molecule has 32 heavy (non-hydrogen) atoms. The molecule has 2 amide bonds. The summed E-state index contributed by atoms with van der Waals surface area (Å²) in [5.74, 6) is -1.72. The Labute approximate surface area is 183 Å². The van der Waals surface area contributed by atoms with Gasteiger partial charge < -0.3 is 9.84 Å². The van der Waals surface area contributed by atoms with Crippen LogP contribution in [0.5, 0.6) is 11.5 Å². The van der Waals surface area contributed by atoms with Crippen molar-refractivity contribution in [3.05, 3.63) is 93.0 Å². The van der Waals surface area contributed by atoms with Crippen LogP contribution in [-0.4, -0.2) is 29.0 Å². The summed E-state index contributed by atoms with van der Waals surface area (Å²) >= 11 is 0. The zero-order chi connectivity index (χ0) is 23.0. The molecule has 8 heteroatoms. The van der Waals surface area contributed by atoms with E-state index in [1.165, 1.54) is 19.3 Å². The number of methoxy groups -OCH3 is 1. The fourth-order valence-electron chi connectivity index (χ4n) is 3.68. The first-order chi connectivity index (χ1) is 15.3. The number of carbonyl (C=O) groups is 2. The van der Waals surface area contributed by atoms with E-state index < -0.39 is 28.2 Å². The molecule has 0 spiro atoms. The Morgan fingerprint density at radius 2 is 1.66 bits per heavy atom. The third kappa shape index (κ3) is 3.37. The van der Waals surface area contributed by atoms with E-state index in [0.29, 0.717) is 16.8 Å². The van der Waals surface area contributed by atoms with Gasteiger partial charge in [0.1, 0.15) is 0 Å². The van der Waals surface area contributed by atoms with Crippen molar-refractivity contribution in [1.82, 2.24) is 0 Å². The predicted octanol–water partition coefficient (Wildman–Crippen LogP) is 4.35. The molecule has 0 bridgehead atoms. The predicted molar refractivity (Wildman–Crippen MR) is 119 cm³/mol. The molecule has 1 aliphatic heterocycles. The highest BCUT2D eigenvalue weighted by molar-refractivity contribution is 6.43. The summed E-state index contributed by atoms with van der Waals surface area (Å²) in [6, 6.07) is 16.3. The van der Waals surface area contributed by atoms with Crippen molar-refractivity contribution in [2.75, 3.05) is 12.0 Å². The number of nitro groups is 1. The van der Waals surface area contributed by atoms with E-state index in [1.807, 2.05) is 6.07 Å². The van der Waals surface area contributed by atoms with Crippen molar-refractivity contribution < 1.29 is 24.4 Å². The molecule has 0 atom stereocenters. The van der Waals surface area contributed by atoms with Gasteiger partial charge in [0, 0.05) is 17.2 Å². The molecule has 4 rings (SSSR count). The van der Waals surface area contributed by atoms with Gasteiger partial charge in [0.15, 0.2) is 5.75 Å².